The first-order valence-corrected chi connectivity index (χ1v) is 12.2. The maximum atomic E-state index is 12.3. The summed E-state index contributed by atoms with van der Waals surface area (Å²) in [5.41, 5.74) is 2.90. The number of hydrogen-bond donors (Lipinski definition) is 1. The standard InChI is InChI=1S/C23H22Cl2N2O4S/c1-16-3-5-17(6-4-16)14-27(32(2,29)30)19-8-10-20(11-9-19)31-15-23(28)26-22-12-7-18(24)13-21(22)25/h3-13H,14-15H2,1-2H3,(H,26,28). The number of amides is 1. The van der Waals surface area contributed by atoms with Crippen LogP contribution < -0.4 is 14.4 Å². The summed E-state index contributed by atoms with van der Waals surface area (Å²) in [4.78, 5) is 12.1. The average molecular weight is 493 g/mol. The number of ether oxygens (including phenoxy) is 1. The fraction of sp³-hybridized carbons (Fsp3) is 0.174. The van der Waals surface area contributed by atoms with Gasteiger partial charge in [0.25, 0.3) is 5.91 Å². The number of aryl methyl sites for hydroxylation is 1. The quantitative estimate of drug-likeness (QED) is 0.463. The fourth-order valence-electron chi connectivity index (χ4n) is 2.89. The first-order valence-electron chi connectivity index (χ1n) is 9.63. The van der Waals surface area contributed by atoms with Gasteiger partial charge in [-0.15, -0.1) is 0 Å². The van der Waals surface area contributed by atoms with Gasteiger partial charge in [-0.1, -0.05) is 53.0 Å². The Labute approximate surface area is 197 Å². The Bertz CT molecular complexity index is 1200. The number of anilines is 2. The molecule has 0 bridgehead atoms. The SMILES string of the molecule is Cc1ccc(CN(c2ccc(OCC(=O)Nc3ccc(Cl)cc3Cl)cc2)S(C)(=O)=O)cc1. The Hall–Kier alpha value is -2.74. The molecule has 0 radical (unpaired) electrons. The van der Waals surface area contributed by atoms with Gasteiger partial charge in [-0.05, 0) is 55.0 Å². The molecule has 0 unspecified atom stereocenters. The molecule has 0 atom stereocenters. The number of benzene rings is 3. The summed E-state index contributed by atoms with van der Waals surface area (Å²) in [6.45, 7) is 1.95. The Morgan fingerprint density at radius 3 is 2.25 bits per heavy atom. The molecule has 32 heavy (non-hydrogen) atoms. The smallest absolute Gasteiger partial charge is 0.262 e. The molecule has 0 aromatic heterocycles. The maximum absolute atomic E-state index is 12.3. The van der Waals surface area contributed by atoms with Crippen LogP contribution in [0.5, 0.6) is 5.75 Å². The van der Waals surface area contributed by atoms with Gasteiger partial charge in [-0.2, -0.15) is 0 Å². The molecule has 6 nitrogen and oxygen atoms in total. The lowest BCUT2D eigenvalue weighted by molar-refractivity contribution is -0.118. The van der Waals surface area contributed by atoms with Gasteiger partial charge in [0, 0.05) is 5.02 Å². The van der Waals surface area contributed by atoms with Gasteiger partial charge < -0.3 is 10.1 Å². The van der Waals surface area contributed by atoms with E-state index in [0.29, 0.717) is 27.2 Å². The molecular formula is C23H22Cl2N2O4S. The third-order valence-corrected chi connectivity index (χ3v) is 6.24. The number of halogens is 2. The Morgan fingerprint density at radius 1 is 1.00 bits per heavy atom. The lowest BCUT2D eigenvalue weighted by Gasteiger charge is -2.23. The summed E-state index contributed by atoms with van der Waals surface area (Å²) < 4.78 is 31.5. The molecule has 0 aliphatic rings. The highest BCUT2D eigenvalue weighted by Crippen LogP contribution is 2.26. The lowest BCUT2D eigenvalue weighted by Crippen LogP contribution is -2.29. The molecular weight excluding hydrogens is 471 g/mol. The third kappa shape index (κ3) is 6.63. The molecule has 3 aromatic carbocycles. The van der Waals surface area contributed by atoms with Crippen LogP contribution in [-0.2, 0) is 21.4 Å². The molecule has 168 valence electrons. The number of rotatable bonds is 8. The minimum absolute atomic E-state index is 0.212. The lowest BCUT2D eigenvalue weighted by atomic mass is 10.1. The first-order chi connectivity index (χ1) is 15.1. The monoisotopic (exact) mass is 492 g/mol. The van der Waals surface area contributed by atoms with Crippen molar-refractivity contribution < 1.29 is 17.9 Å². The second-order valence-electron chi connectivity index (χ2n) is 7.21. The molecule has 3 aromatic rings. The van der Waals surface area contributed by atoms with Crippen molar-refractivity contribution in [2.24, 2.45) is 0 Å². The largest absolute Gasteiger partial charge is 0.484 e. The molecule has 0 aliphatic carbocycles. The van der Waals surface area contributed by atoms with Crippen LogP contribution in [0, 0.1) is 6.92 Å². The van der Waals surface area contributed by atoms with E-state index in [1.54, 1.807) is 36.4 Å². The van der Waals surface area contributed by atoms with Gasteiger partial charge in [0.05, 0.1) is 29.2 Å². The fourth-order valence-corrected chi connectivity index (χ4v) is 4.24. The van der Waals surface area contributed by atoms with E-state index in [1.807, 2.05) is 31.2 Å². The van der Waals surface area contributed by atoms with Crippen molar-refractivity contribution in [2.45, 2.75) is 13.5 Å². The maximum Gasteiger partial charge on any atom is 0.262 e. The van der Waals surface area contributed by atoms with Crippen LogP contribution in [0.2, 0.25) is 10.0 Å². The number of nitrogens with zero attached hydrogens (tertiary/aromatic N) is 1. The topological polar surface area (TPSA) is 75.7 Å². The van der Waals surface area contributed by atoms with E-state index >= 15 is 0 Å². The van der Waals surface area contributed by atoms with Crippen molar-refractivity contribution in [3.05, 3.63) is 87.9 Å². The summed E-state index contributed by atoms with van der Waals surface area (Å²) in [6, 6.07) is 18.9. The Morgan fingerprint density at radius 2 is 1.66 bits per heavy atom. The van der Waals surface area contributed by atoms with Gasteiger partial charge in [0.2, 0.25) is 10.0 Å². The minimum atomic E-state index is -3.50. The first kappa shape index (κ1) is 23.9. The van der Waals surface area contributed by atoms with Gasteiger partial charge >= 0.3 is 0 Å². The van der Waals surface area contributed by atoms with Crippen molar-refractivity contribution in [3.63, 3.8) is 0 Å². The highest BCUT2D eigenvalue weighted by Gasteiger charge is 2.18. The summed E-state index contributed by atoms with van der Waals surface area (Å²) >= 11 is 11.9. The van der Waals surface area contributed by atoms with Gasteiger partial charge in [0.15, 0.2) is 6.61 Å². The molecule has 1 amide bonds. The second kappa shape index (κ2) is 10.3. The molecule has 0 spiro atoms. The molecule has 3 rings (SSSR count). The summed E-state index contributed by atoms with van der Waals surface area (Å²) in [6.07, 6.45) is 1.16. The van der Waals surface area contributed by atoms with E-state index in [2.05, 4.69) is 5.32 Å². The number of carbonyl (C=O) groups excluding carboxylic acids is 1. The van der Waals surface area contributed by atoms with Crippen LogP contribution in [0.15, 0.2) is 66.7 Å². The zero-order chi connectivity index (χ0) is 23.3. The average Bonchev–Trinajstić information content (AvgIpc) is 2.73. The van der Waals surface area contributed by atoms with Crippen LogP contribution in [0.3, 0.4) is 0 Å². The second-order valence-corrected chi connectivity index (χ2v) is 9.96. The summed E-state index contributed by atoms with van der Waals surface area (Å²) in [5.74, 6) is 0.0327. The highest BCUT2D eigenvalue weighted by atomic mass is 35.5. The zero-order valence-corrected chi connectivity index (χ0v) is 19.8. The van der Waals surface area contributed by atoms with E-state index in [4.69, 9.17) is 27.9 Å². The Balaban J connectivity index is 1.64. The van der Waals surface area contributed by atoms with Crippen LogP contribution >= 0.6 is 23.2 Å². The predicted octanol–water partition coefficient (Wildman–Crippen LogP) is 5.29. The van der Waals surface area contributed by atoms with Crippen molar-refractivity contribution in [3.8, 4) is 5.75 Å². The molecule has 0 heterocycles. The Kier molecular flexibility index (Phi) is 7.66. The molecule has 1 N–H and O–H groups in total. The third-order valence-electron chi connectivity index (χ3n) is 4.55. The van der Waals surface area contributed by atoms with E-state index in [0.717, 1.165) is 17.4 Å². The van der Waals surface area contributed by atoms with Crippen molar-refractivity contribution in [2.75, 3.05) is 22.5 Å². The number of nitrogens with one attached hydrogen (secondary N) is 1. The van der Waals surface area contributed by atoms with Crippen molar-refractivity contribution >= 4 is 50.5 Å². The van der Waals surface area contributed by atoms with Gasteiger partial charge in [-0.3, -0.25) is 9.10 Å². The van der Waals surface area contributed by atoms with E-state index in [9.17, 15) is 13.2 Å². The van der Waals surface area contributed by atoms with Crippen LogP contribution in [-0.4, -0.2) is 27.2 Å². The van der Waals surface area contributed by atoms with E-state index < -0.39 is 15.9 Å². The van der Waals surface area contributed by atoms with E-state index in [1.165, 1.54) is 10.4 Å². The molecule has 0 aliphatic heterocycles. The predicted molar refractivity (Wildman–Crippen MR) is 129 cm³/mol. The highest BCUT2D eigenvalue weighted by molar-refractivity contribution is 7.92. The molecule has 0 fully saturated rings. The van der Waals surface area contributed by atoms with Crippen molar-refractivity contribution in [1.29, 1.82) is 0 Å². The number of hydrogen-bond acceptors (Lipinski definition) is 4. The van der Waals surface area contributed by atoms with Crippen LogP contribution in [0.25, 0.3) is 0 Å². The normalized spacial score (nSPS) is 11.1. The van der Waals surface area contributed by atoms with Crippen LogP contribution in [0.4, 0.5) is 11.4 Å². The minimum Gasteiger partial charge on any atom is -0.484 e. The zero-order valence-electron chi connectivity index (χ0n) is 17.5. The molecule has 0 saturated carbocycles. The van der Waals surface area contributed by atoms with Gasteiger partial charge in [-0.25, -0.2) is 8.42 Å². The molecule has 9 heteroatoms. The van der Waals surface area contributed by atoms with Gasteiger partial charge in [0.1, 0.15) is 5.75 Å². The summed E-state index contributed by atoms with van der Waals surface area (Å²) in [5, 5.41) is 3.44. The summed E-state index contributed by atoms with van der Waals surface area (Å²) in [7, 11) is -3.50. The number of sulfonamides is 1. The number of carbonyl (C=O) groups is 1. The van der Waals surface area contributed by atoms with Crippen LogP contribution in [0.1, 0.15) is 11.1 Å². The van der Waals surface area contributed by atoms with Crippen molar-refractivity contribution in [1.82, 2.24) is 0 Å². The van der Waals surface area contributed by atoms with E-state index in [-0.39, 0.29) is 13.2 Å². The molecule has 0 saturated heterocycles.